The van der Waals surface area contributed by atoms with E-state index < -0.39 is 0 Å². The largest absolute Gasteiger partial charge is 0.356 e. The molecule has 0 spiro atoms. The summed E-state index contributed by atoms with van der Waals surface area (Å²) < 4.78 is 2.24. The van der Waals surface area contributed by atoms with Crippen molar-refractivity contribution in [2.45, 2.75) is 52.1 Å². The van der Waals surface area contributed by atoms with Crippen LogP contribution in [0.3, 0.4) is 0 Å². The molecule has 1 saturated heterocycles. The van der Waals surface area contributed by atoms with E-state index in [1.54, 1.807) is 0 Å². The average molecular weight is 349 g/mol. The molecule has 1 aliphatic rings. The summed E-state index contributed by atoms with van der Waals surface area (Å²) >= 11 is 0. The number of aliphatic imine (C=N–C) groups is 1. The fraction of sp³-hybridized carbons (Fsp3) is 0.789. The first-order valence-corrected chi connectivity index (χ1v) is 9.66. The molecule has 2 rings (SSSR count). The Balaban J connectivity index is 1.78. The van der Waals surface area contributed by atoms with E-state index in [1.165, 1.54) is 19.3 Å². The molecule has 142 valence electrons. The van der Waals surface area contributed by atoms with Crippen LogP contribution in [0.5, 0.6) is 0 Å². The maximum Gasteiger partial charge on any atom is 0.193 e. The normalized spacial score (nSPS) is 22.0. The number of likely N-dealkylation sites (tertiary alicyclic amines) is 1. The summed E-state index contributed by atoms with van der Waals surface area (Å²) in [5.41, 5.74) is 0. The quantitative estimate of drug-likeness (QED) is 0.467. The van der Waals surface area contributed by atoms with Crippen molar-refractivity contribution in [1.82, 2.24) is 24.7 Å². The zero-order valence-corrected chi connectivity index (χ0v) is 16.6. The van der Waals surface area contributed by atoms with Crippen LogP contribution in [0.4, 0.5) is 0 Å². The molecule has 0 bridgehead atoms. The van der Waals surface area contributed by atoms with Crippen LogP contribution in [0.2, 0.25) is 0 Å². The standard InChI is InChI=1S/C19H36N6/c1-16(2)23(5)11-7-6-9-22-19(20-4)24-12-8-17(3)18(14-24)25-13-10-21-15-25/h10,13,15-18H,6-9,11-12,14H2,1-5H3,(H,20,22). The molecule has 1 aliphatic heterocycles. The van der Waals surface area contributed by atoms with Gasteiger partial charge in [-0.05, 0) is 52.6 Å². The third kappa shape index (κ3) is 5.73. The van der Waals surface area contributed by atoms with Gasteiger partial charge in [-0.2, -0.15) is 0 Å². The highest BCUT2D eigenvalue weighted by Crippen LogP contribution is 2.27. The highest BCUT2D eigenvalue weighted by atomic mass is 15.3. The summed E-state index contributed by atoms with van der Waals surface area (Å²) in [6.45, 7) is 11.0. The fourth-order valence-corrected chi connectivity index (χ4v) is 3.37. The first-order chi connectivity index (χ1) is 12.0. The first kappa shape index (κ1) is 19.8. The predicted molar refractivity (Wildman–Crippen MR) is 105 cm³/mol. The van der Waals surface area contributed by atoms with Gasteiger partial charge in [0.15, 0.2) is 5.96 Å². The summed E-state index contributed by atoms with van der Waals surface area (Å²) in [5, 5.41) is 3.56. The van der Waals surface area contributed by atoms with Gasteiger partial charge in [0.25, 0.3) is 0 Å². The third-order valence-corrected chi connectivity index (χ3v) is 5.44. The van der Waals surface area contributed by atoms with Crippen molar-refractivity contribution in [3.63, 3.8) is 0 Å². The maximum absolute atomic E-state index is 4.51. The van der Waals surface area contributed by atoms with E-state index >= 15 is 0 Å². The van der Waals surface area contributed by atoms with Gasteiger partial charge in [-0.25, -0.2) is 4.98 Å². The molecule has 0 saturated carbocycles. The van der Waals surface area contributed by atoms with Gasteiger partial charge in [0.1, 0.15) is 0 Å². The summed E-state index contributed by atoms with van der Waals surface area (Å²) in [5.74, 6) is 1.70. The summed E-state index contributed by atoms with van der Waals surface area (Å²) in [4.78, 5) is 13.5. The summed E-state index contributed by atoms with van der Waals surface area (Å²) in [6, 6.07) is 1.09. The van der Waals surface area contributed by atoms with Crippen LogP contribution in [0.1, 0.15) is 46.1 Å². The lowest BCUT2D eigenvalue weighted by Gasteiger charge is -2.39. The van der Waals surface area contributed by atoms with E-state index in [2.05, 4.69) is 63.7 Å². The van der Waals surface area contributed by atoms with Gasteiger partial charge in [-0.15, -0.1) is 0 Å². The number of hydrogen-bond acceptors (Lipinski definition) is 3. The molecule has 2 unspecified atom stereocenters. The Morgan fingerprint density at radius 2 is 2.20 bits per heavy atom. The summed E-state index contributed by atoms with van der Waals surface area (Å²) in [6.07, 6.45) is 9.45. The Morgan fingerprint density at radius 3 is 2.84 bits per heavy atom. The van der Waals surface area contributed by atoms with Gasteiger partial charge in [-0.1, -0.05) is 6.92 Å². The van der Waals surface area contributed by atoms with Gasteiger partial charge in [-0.3, -0.25) is 4.99 Å². The van der Waals surface area contributed by atoms with Gasteiger partial charge < -0.3 is 19.7 Å². The lowest BCUT2D eigenvalue weighted by molar-refractivity contribution is 0.189. The molecule has 0 amide bonds. The van der Waals surface area contributed by atoms with Crippen LogP contribution >= 0.6 is 0 Å². The minimum Gasteiger partial charge on any atom is -0.356 e. The third-order valence-electron chi connectivity index (χ3n) is 5.44. The number of imidazole rings is 1. The van der Waals surface area contributed by atoms with Gasteiger partial charge in [0, 0.05) is 45.1 Å². The highest BCUT2D eigenvalue weighted by Gasteiger charge is 2.28. The van der Waals surface area contributed by atoms with E-state index in [0.29, 0.717) is 18.0 Å². The minimum absolute atomic E-state index is 0.467. The molecule has 1 fully saturated rings. The summed E-state index contributed by atoms with van der Waals surface area (Å²) in [7, 11) is 4.08. The number of guanidine groups is 1. The van der Waals surface area contributed by atoms with Crippen molar-refractivity contribution in [2.75, 3.05) is 40.3 Å². The van der Waals surface area contributed by atoms with Gasteiger partial charge >= 0.3 is 0 Å². The molecule has 25 heavy (non-hydrogen) atoms. The Labute approximate surface area is 153 Å². The van der Waals surface area contributed by atoms with E-state index in [1.807, 2.05) is 19.6 Å². The van der Waals surface area contributed by atoms with Crippen LogP contribution in [0, 0.1) is 5.92 Å². The fourth-order valence-electron chi connectivity index (χ4n) is 3.37. The number of piperidine rings is 1. The Morgan fingerprint density at radius 1 is 1.40 bits per heavy atom. The van der Waals surface area contributed by atoms with Crippen LogP contribution in [-0.4, -0.2) is 71.6 Å². The number of hydrogen-bond donors (Lipinski definition) is 1. The molecular weight excluding hydrogens is 312 g/mol. The average Bonchev–Trinajstić information content (AvgIpc) is 3.13. The van der Waals surface area contributed by atoms with E-state index in [4.69, 9.17) is 0 Å². The van der Waals surface area contributed by atoms with Crippen molar-refractivity contribution in [3.05, 3.63) is 18.7 Å². The van der Waals surface area contributed by atoms with Crippen molar-refractivity contribution >= 4 is 5.96 Å². The van der Waals surface area contributed by atoms with Crippen molar-refractivity contribution in [3.8, 4) is 0 Å². The molecule has 0 aromatic carbocycles. The SMILES string of the molecule is CN=C(NCCCCN(C)C(C)C)N1CCC(C)C(n2ccnc2)C1. The first-order valence-electron chi connectivity index (χ1n) is 9.66. The number of unbranched alkanes of at least 4 members (excludes halogenated alkanes) is 1. The zero-order chi connectivity index (χ0) is 18.2. The van der Waals surface area contributed by atoms with Crippen LogP contribution in [0.25, 0.3) is 0 Å². The van der Waals surface area contributed by atoms with E-state index in [0.717, 1.165) is 32.1 Å². The van der Waals surface area contributed by atoms with E-state index in [9.17, 15) is 0 Å². The molecular formula is C19H36N6. The monoisotopic (exact) mass is 348 g/mol. The maximum atomic E-state index is 4.51. The lowest BCUT2D eigenvalue weighted by atomic mass is 9.93. The van der Waals surface area contributed by atoms with Gasteiger partial charge in [0.2, 0.25) is 0 Å². The second kappa shape index (κ2) is 9.80. The Hall–Kier alpha value is -1.56. The molecule has 1 N–H and O–H groups in total. The molecule has 6 nitrogen and oxygen atoms in total. The van der Waals surface area contributed by atoms with Crippen molar-refractivity contribution < 1.29 is 0 Å². The predicted octanol–water partition coefficient (Wildman–Crippen LogP) is 2.46. The molecule has 0 radical (unpaired) electrons. The van der Waals surface area contributed by atoms with Crippen molar-refractivity contribution in [2.24, 2.45) is 10.9 Å². The minimum atomic E-state index is 0.467. The topological polar surface area (TPSA) is 48.7 Å². The molecule has 2 heterocycles. The number of aromatic nitrogens is 2. The Bertz CT molecular complexity index is 510. The van der Waals surface area contributed by atoms with E-state index in [-0.39, 0.29) is 0 Å². The number of rotatable bonds is 7. The van der Waals surface area contributed by atoms with Crippen molar-refractivity contribution in [1.29, 1.82) is 0 Å². The number of nitrogens with zero attached hydrogens (tertiary/aromatic N) is 5. The van der Waals surface area contributed by atoms with Crippen LogP contribution in [-0.2, 0) is 0 Å². The highest BCUT2D eigenvalue weighted by molar-refractivity contribution is 5.80. The van der Waals surface area contributed by atoms with Gasteiger partial charge in [0.05, 0.1) is 12.4 Å². The smallest absolute Gasteiger partial charge is 0.193 e. The molecule has 0 aliphatic carbocycles. The molecule has 2 atom stereocenters. The van der Waals surface area contributed by atoms with Crippen LogP contribution < -0.4 is 5.32 Å². The zero-order valence-electron chi connectivity index (χ0n) is 16.6. The second-order valence-electron chi connectivity index (χ2n) is 7.54. The molecule has 1 aromatic heterocycles. The second-order valence-corrected chi connectivity index (χ2v) is 7.54. The Kier molecular flexibility index (Phi) is 7.75. The number of nitrogens with one attached hydrogen (secondary N) is 1. The lowest BCUT2D eigenvalue weighted by Crippen LogP contribution is -2.49. The van der Waals surface area contributed by atoms with Crippen LogP contribution in [0.15, 0.2) is 23.7 Å². The molecule has 1 aromatic rings. The molecule has 6 heteroatoms.